The fourth-order valence-corrected chi connectivity index (χ4v) is 3.10. The van der Waals surface area contributed by atoms with Crippen LogP contribution >= 0.6 is 0 Å². The molecule has 0 unspecified atom stereocenters. The van der Waals surface area contributed by atoms with Gasteiger partial charge in [0.15, 0.2) is 5.78 Å². The van der Waals surface area contributed by atoms with Gasteiger partial charge in [0.25, 0.3) is 0 Å². The van der Waals surface area contributed by atoms with Gasteiger partial charge < -0.3 is 4.74 Å². The molecule has 1 aliphatic rings. The largest absolute Gasteiger partial charge is 0.462 e. The third kappa shape index (κ3) is 2.85. The van der Waals surface area contributed by atoms with E-state index in [4.69, 9.17) is 4.74 Å². The number of pyridine rings is 1. The number of ether oxygens (including phenoxy) is 1. The number of carbonyl (C=O) groups excluding carboxylic acids is 2. The van der Waals surface area contributed by atoms with E-state index in [0.717, 1.165) is 23.4 Å². The Morgan fingerprint density at radius 2 is 1.95 bits per heavy atom. The molecule has 0 amide bonds. The molecule has 0 radical (unpaired) electrons. The van der Waals surface area contributed by atoms with Gasteiger partial charge in [0, 0.05) is 12.0 Å². The first-order valence-electron chi connectivity index (χ1n) is 7.53. The van der Waals surface area contributed by atoms with E-state index >= 15 is 0 Å². The lowest BCUT2D eigenvalue weighted by molar-refractivity contribution is 0.0523. The third-order valence-corrected chi connectivity index (χ3v) is 3.98. The molecule has 1 aromatic rings. The minimum absolute atomic E-state index is 0.0695. The van der Waals surface area contributed by atoms with E-state index in [-0.39, 0.29) is 17.2 Å². The molecule has 0 bridgehead atoms. The SMILES string of the molecule is CCOC(=O)c1c(CC)nc2c(c1C)C(=O)CC(C)(C)C2. The van der Waals surface area contributed by atoms with E-state index < -0.39 is 0 Å². The van der Waals surface area contributed by atoms with Crippen molar-refractivity contribution in [3.63, 3.8) is 0 Å². The van der Waals surface area contributed by atoms with Crippen molar-refractivity contribution < 1.29 is 14.3 Å². The standard InChI is InChI=1S/C17H23NO3/c1-6-11-15(16(20)21-7-2)10(3)14-12(18-11)8-17(4,5)9-13(14)19/h6-9H2,1-5H3. The molecule has 0 saturated heterocycles. The summed E-state index contributed by atoms with van der Waals surface area (Å²) in [5, 5.41) is 0. The molecule has 0 saturated carbocycles. The number of carbonyl (C=O) groups is 2. The Kier molecular flexibility index (Phi) is 4.17. The molecule has 114 valence electrons. The lowest BCUT2D eigenvalue weighted by atomic mass is 9.74. The summed E-state index contributed by atoms with van der Waals surface area (Å²) in [6.45, 7) is 10.1. The molecular formula is C17H23NO3. The number of ketones is 1. The van der Waals surface area contributed by atoms with Gasteiger partial charge in [0.1, 0.15) is 0 Å². The van der Waals surface area contributed by atoms with Gasteiger partial charge in [-0.25, -0.2) is 4.79 Å². The Morgan fingerprint density at radius 1 is 1.29 bits per heavy atom. The van der Waals surface area contributed by atoms with Crippen LogP contribution in [0.4, 0.5) is 0 Å². The van der Waals surface area contributed by atoms with Gasteiger partial charge in [-0.3, -0.25) is 9.78 Å². The first kappa shape index (κ1) is 15.7. The number of Topliss-reactive ketones (excluding diaryl/α,β-unsaturated/α-hetero) is 1. The molecular weight excluding hydrogens is 266 g/mol. The smallest absolute Gasteiger partial charge is 0.340 e. The highest BCUT2D eigenvalue weighted by Gasteiger charge is 2.35. The van der Waals surface area contributed by atoms with Crippen LogP contribution in [-0.2, 0) is 17.6 Å². The summed E-state index contributed by atoms with van der Waals surface area (Å²) in [6.07, 6.45) is 1.91. The quantitative estimate of drug-likeness (QED) is 0.801. The molecule has 4 nitrogen and oxygen atoms in total. The molecule has 1 heterocycles. The van der Waals surface area contributed by atoms with Gasteiger partial charge in [-0.1, -0.05) is 20.8 Å². The van der Waals surface area contributed by atoms with Crippen LogP contribution in [-0.4, -0.2) is 23.3 Å². The molecule has 1 aromatic heterocycles. The first-order chi connectivity index (χ1) is 9.80. The molecule has 21 heavy (non-hydrogen) atoms. The number of aromatic nitrogens is 1. The van der Waals surface area contributed by atoms with Crippen LogP contribution < -0.4 is 0 Å². The van der Waals surface area contributed by atoms with Gasteiger partial charge in [0.05, 0.1) is 23.6 Å². The van der Waals surface area contributed by atoms with Crippen molar-refractivity contribution in [1.29, 1.82) is 0 Å². The number of rotatable bonds is 3. The van der Waals surface area contributed by atoms with Crippen molar-refractivity contribution in [1.82, 2.24) is 4.98 Å². The van der Waals surface area contributed by atoms with Gasteiger partial charge in [-0.15, -0.1) is 0 Å². The van der Waals surface area contributed by atoms with E-state index in [9.17, 15) is 9.59 Å². The third-order valence-electron chi connectivity index (χ3n) is 3.98. The number of nitrogens with zero attached hydrogens (tertiary/aromatic N) is 1. The Labute approximate surface area is 125 Å². The molecule has 0 aromatic carbocycles. The van der Waals surface area contributed by atoms with Crippen LogP contribution in [0.2, 0.25) is 0 Å². The maximum absolute atomic E-state index is 12.5. The van der Waals surface area contributed by atoms with E-state index in [2.05, 4.69) is 18.8 Å². The predicted molar refractivity (Wildman–Crippen MR) is 80.7 cm³/mol. The summed E-state index contributed by atoms with van der Waals surface area (Å²) < 4.78 is 5.13. The van der Waals surface area contributed by atoms with Crippen LogP contribution in [0.3, 0.4) is 0 Å². The topological polar surface area (TPSA) is 56.3 Å². The molecule has 1 aliphatic carbocycles. The highest BCUT2D eigenvalue weighted by atomic mass is 16.5. The monoisotopic (exact) mass is 289 g/mol. The normalized spacial score (nSPS) is 16.5. The van der Waals surface area contributed by atoms with Crippen LogP contribution in [0.25, 0.3) is 0 Å². The number of fused-ring (bicyclic) bond motifs is 1. The molecule has 0 atom stereocenters. The van der Waals surface area contributed by atoms with Crippen molar-refractivity contribution >= 4 is 11.8 Å². The first-order valence-corrected chi connectivity index (χ1v) is 7.53. The van der Waals surface area contributed by atoms with Gasteiger partial charge >= 0.3 is 5.97 Å². The average molecular weight is 289 g/mol. The summed E-state index contributed by atoms with van der Waals surface area (Å²) in [7, 11) is 0. The number of hydrogen-bond acceptors (Lipinski definition) is 4. The molecule has 0 fully saturated rings. The van der Waals surface area contributed by atoms with E-state index in [1.807, 2.05) is 13.8 Å². The highest BCUT2D eigenvalue weighted by molar-refractivity contribution is 6.03. The Hall–Kier alpha value is -1.71. The maximum atomic E-state index is 12.5. The zero-order valence-electron chi connectivity index (χ0n) is 13.5. The van der Waals surface area contributed by atoms with E-state index in [0.29, 0.717) is 30.6 Å². The van der Waals surface area contributed by atoms with Crippen LogP contribution in [0, 0.1) is 12.3 Å². The highest BCUT2D eigenvalue weighted by Crippen LogP contribution is 2.36. The van der Waals surface area contributed by atoms with Gasteiger partial charge in [0.2, 0.25) is 0 Å². The average Bonchev–Trinajstić information content (AvgIpc) is 2.35. The lowest BCUT2D eigenvalue weighted by Gasteiger charge is -2.31. The summed E-state index contributed by atoms with van der Waals surface area (Å²) in [6, 6.07) is 0. The zero-order chi connectivity index (χ0) is 15.8. The summed E-state index contributed by atoms with van der Waals surface area (Å²) in [5.74, 6) is -0.292. The van der Waals surface area contributed by atoms with E-state index in [1.165, 1.54) is 0 Å². The lowest BCUT2D eigenvalue weighted by Crippen LogP contribution is -2.30. The van der Waals surface area contributed by atoms with Crippen molar-refractivity contribution in [3.05, 3.63) is 28.1 Å². The van der Waals surface area contributed by atoms with Crippen LogP contribution in [0.5, 0.6) is 0 Å². The fraction of sp³-hybridized carbons (Fsp3) is 0.588. The Balaban J connectivity index is 2.64. The number of hydrogen-bond donors (Lipinski definition) is 0. The van der Waals surface area contributed by atoms with E-state index in [1.54, 1.807) is 6.92 Å². The van der Waals surface area contributed by atoms with Gasteiger partial charge in [-0.2, -0.15) is 0 Å². The summed E-state index contributed by atoms with van der Waals surface area (Å²) in [5.41, 5.74) is 3.34. The predicted octanol–water partition coefficient (Wildman–Crippen LogP) is 3.28. The van der Waals surface area contributed by atoms with Crippen LogP contribution in [0.15, 0.2) is 0 Å². The van der Waals surface area contributed by atoms with Gasteiger partial charge in [-0.05, 0) is 37.7 Å². The second-order valence-electron chi connectivity index (χ2n) is 6.40. The van der Waals surface area contributed by atoms with Crippen molar-refractivity contribution in [2.24, 2.45) is 5.41 Å². The van der Waals surface area contributed by atoms with Crippen molar-refractivity contribution in [3.8, 4) is 0 Å². The molecule has 4 heteroatoms. The second-order valence-corrected chi connectivity index (χ2v) is 6.40. The second kappa shape index (κ2) is 5.58. The number of esters is 1. The molecule has 0 N–H and O–H groups in total. The van der Waals surface area contributed by atoms with Crippen molar-refractivity contribution in [2.45, 2.75) is 53.9 Å². The summed E-state index contributed by atoms with van der Waals surface area (Å²) in [4.78, 5) is 29.3. The maximum Gasteiger partial charge on any atom is 0.340 e. The fourth-order valence-electron chi connectivity index (χ4n) is 3.10. The number of aryl methyl sites for hydroxylation is 1. The van der Waals surface area contributed by atoms with Crippen molar-refractivity contribution in [2.75, 3.05) is 6.61 Å². The molecule has 0 aliphatic heterocycles. The minimum Gasteiger partial charge on any atom is -0.462 e. The Morgan fingerprint density at radius 3 is 2.52 bits per heavy atom. The zero-order valence-corrected chi connectivity index (χ0v) is 13.5. The Bertz CT molecular complexity index is 603. The molecule has 0 spiro atoms. The molecule has 2 rings (SSSR count). The minimum atomic E-state index is -0.375. The summed E-state index contributed by atoms with van der Waals surface area (Å²) >= 11 is 0. The van der Waals surface area contributed by atoms with Crippen LogP contribution in [0.1, 0.15) is 71.8 Å².